The number of nitrogens with one attached hydrogen (secondary N) is 1. The van der Waals surface area contributed by atoms with Crippen molar-refractivity contribution in [1.29, 1.82) is 0 Å². The molecule has 0 heterocycles. The summed E-state index contributed by atoms with van der Waals surface area (Å²) in [6, 6.07) is 17.3. The van der Waals surface area contributed by atoms with Crippen molar-refractivity contribution in [2.45, 2.75) is 25.9 Å². The van der Waals surface area contributed by atoms with Gasteiger partial charge in [0.2, 0.25) is 0 Å². The van der Waals surface area contributed by atoms with Crippen molar-refractivity contribution in [1.82, 2.24) is 5.32 Å². The molecule has 4 nitrogen and oxygen atoms in total. The molecule has 0 aliphatic rings. The molecule has 0 fully saturated rings. The minimum atomic E-state index is -0.487. The number of amides is 1. The third kappa shape index (κ3) is 5.33. The van der Waals surface area contributed by atoms with E-state index in [-0.39, 0.29) is 5.91 Å². The second-order valence-corrected chi connectivity index (χ2v) is 5.22. The van der Waals surface area contributed by atoms with Crippen LogP contribution in [0, 0.1) is 0 Å². The third-order valence-electron chi connectivity index (χ3n) is 3.56. The molecule has 0 aromatic heterocycles. The maximum Gasteiger partial charge on any atom is 0.261 e. The molecular weight excluding hydrogens is 290 g/mol. The van der Waals surface area contributed by atoms with Crippen molar-refractivity contribution in [3.05, 3.63) is 60.2 Å². The molecule has 0 aliphatic carbocycles. The molecule has 2 aromatic rings. The van der Waals surface area contributed by atoms with Gasteiger partial charge in [0.1, 0.15) is 11.5 Å². The lowest BCUT2D eigenvalue weighted by atomic mass is 10.1. The Morgan fingerprint density at radius 3 is 2.30 bits per heavy atom. The fraction of sp³-hybridized carbons (Fsp3) is 0.316. The van der Waals surface area contributed by atoms with E-state index in [0.29, 0.717) is 18.7 Å². The minimum Gasteiger partial charge on any atom is -0.497 e. The van der Waals surface area contributed by atoms with Gasteiger partial charge in [-0.3, -0.25) is 4.79 Å². The zero-order valence-electron chi connectivity index (χ0n) is 13.6. The van der Waals surface area contributed by atoms with E-state index in [4.69, 9.17) is 9.47 Å². The van der Waals surface area contributed by atoms with E-state index >= 15 is 0 Å². The van der Waals surface area contributed by atoms with E-state index in [1.54, 1.807) is 19.2 Å². The van der Waals surface area contributed by atoms with Crippen LogP contribution >= 0.6 is 0 Å². The van der Waals surface area contributed by atoms with Gasteiger partial charge in [-0.25, -0.2) is 0 Å². The molecule has 1 N–H and O–H groups in total. The Kier molecular flexibility index (Phi) is 6.48. The van der Waals surface area contributed by atoms with Crippen LogP contribution in [0.2, 0.25) is 0 Å². The summed E-state index contributed by atoms with van der Waals surface area (Å²) in [7, 11) is 1.62. The lowest BCUT2D eigenvalue weighted by Gasteiger charge is -2.17. The van der Waals surface area contributed by atoms with E-state index in [0.717, 1.165) is 12.2 Å². The average molecular weight is 313 g/mol. The summed E-state index contributed by atoms with van der Waals surface area (Å²) in [5, 5.41) is 2.94. The molecule has 0 radical (unpaired) electrons. The Balaban J connectivity index is 1.82. The molecule has 0 aliphatic heterocycles. The lowest BCUT2D eigenvalue weighted by Crippen LogP contribution is -2.38. The molecule has 1 amide bonds. The molecule has 23 heavy (non-hydrogen) atoms. The smallest absolute Gasteiger partial charge is 0.261 e. The lowest BCUT2D eigenvalue weighted by molar-refractivity contribution is -0.128. The summed E-state index contributed by atoms with van der Waals surface area (Å²) < 4.78 is 10.9. The van der Waals surface area contributed by atoms with Gasteiger partial charge in [0.05, 0.1) is 7.11 Å². The third-order valence-corrected chi connectivity index (χ3v) is 3.56. The van der Waals surface area contributed by atoms with Crippen molar-refractivity contribution >= 4 is 5.91 Å². The Labute approximate surface area is 137 Å². The highest BCUT2D eigenvalue weighted by Gasteiger charge is 2.17. The normalized spacial score (nSPS) is 11.6. The molecule has 0 bridgehead atoms. The zero-order valence-corrected chi connectivity index (χ0v) is 13.6. The van der Waals surface area contributed by atoms with Crippen LogP contribution in [0.15, 0.2) is 54.6 Å². The van der Waals surface area contributed by atoms with Gasteiger partial charge in [0, 0.05) is 6.54 Å². The largest absolute Gasteiger partial charge is 0.497 e. The first-order valence-corrected chi connectivity index (χ1v) is 7.85. The molecule has 2 rings (SSSR count). The molecule has 0 spiro atoms. The molecule has 122 valence electrons. The van der Waals surface area contributed by atoms with Crippen molar-refractivity contribution in [3.63, 3.8) is 0 Å². The Hall–Kier alpha value is -2.49. The number of hydrogen-bond acceptors (Lipinski definition) is 3. The predicted octanol–water partition coefficient (Wildman–Crippen LogP) is 3.21. The van der Waals surface area contributed by atoms with Crippen molar-refractivity contribution in [2.75, 3.05) is 13.7 Å². The van der Waals surface area contributed by atoms with Crippen LogP contribution in [0.3, 0.4) is 0 Å². The van der Waals surface area contributed by atoms with E-state index < -0.39 is 6.10 Å². The summed E-state index contributed by atoms with van der Waals surface area (Å²) in [5.74, 6) is 1.34. The number of benzene rings is 2. The van der Waals surface area contributed by atoms with E-state index in [2.05, 4.69) is 17.4 Å². The summed E-state index contributed by atoms with van der Waals surface area (Å²) in [4.78, 5) is 12.2. The number of carbonyl (C=O) groups excluding carboxylic acids is 1. The monoisotopic (exact) mass is 313 g/mol. The van der Waals surface area contributed by atoms with E-state index in [1.807, 2.05) is 37.3 Å². The highest BCUT2D eigenvalue weighted by Crippen LogP contribution is 2.18. The maximum absolute atomic E-state index is 12.2. The van der Waals surface area contributed by atoms with Crippen LogP contribution < -0.4 is 14.8 Å². The highest BCUT2D eigenvalue weighted by molar-refractivity contribution is 5.81. The average Bonchev–Trinajstić information content (AvgIpc) is 2.61. The van der Waals surface area contributed by atoms with Crippen molar-refractivity contribution in [3.8, 4) is 11.5 Å². The van der Waals surface area contributed by atoms with Crippen molar-refractivity contribution < 1.29 is 14.3 Å². The Bertz CT molecular complexity index is 596. The second kappa shape index (κ2) is 8.83. The zero-order chi connectivity index (χ0) is 16.5. The summed E-state index contributed by atoms with van der Waals surface area (Å²) in [6.45, 7) is 2.54. The van der Waals surface area contributed by atoms with Crippen LogP contribution in [0.4, 0.5) is 0 Å². The van der Waals surface area contributed by atoms with E-state index in [9.17, 15) is 4.79 Å². The van der Waals surface area contributed by atoms with Gasteiger partial charge in [0.15, 0.2) is 6.10 Å². The molecular formula is C19H23NO3. The van der Waals surface area contributed by atoms with Gasteiger partial charge in [0.25, 0.3) is 5.91 Å². The van der Waals surface area contributed by atoms with E-state index in [1.165, 1.54) is 5.56 Å². The first-order valence-electron chi connectivity index (χ1n) is 7.85. The van der Waals surface area contributed by atoms with Crippen LogP contribution in [-0.2, 0) is 11.2 Å². The fourth-order valence-electron chi connectivity index (χ4n) is 2.23. The second-order valence-electron chi connectivity index (χ2n) is 5.22. The molecule has 0 saturated heterocycles. The number of ether oxygens (including phenoxy) is 2. The molecule has 2 aromatic carbocycles. The topological polar surface area (TPSA) is 47.6 Å². The molecule has 1 atom stereocenters. The summed E-state index contributed by atoms with van der Waals surface area (Å²) in [5.41, 5.74) is 1.21. The Morgan fingerprint density at radius 1 is 1.04 bits per heavy atom. The quantitative estimate of drug-likeness (QED) is 0.814. The number of hydrogen-bond donors (Lipinski definition) is 1. The van der Waals surface area contributed by atoms with Gasteiger partial charge in [-0.15, -0.1) is 0 Å². The SMILES string of the molecule is CCC(Oc1ccc(OC)cc1)C(=O)NCCc1ccccc1. The standard InChI is InChI=1S/C19H23NO3/c1-3-18(23-17-11-9-16(22-2)10-12-17)19(21)20-14-13-15-7-5-4-6-8-15/h4-12,18H,3,13-14H2,1-2H3,(H,20,21). The predicted molar refractivity (Wildman–Crippen MR) is 90.9 cm³/mol. The molecule has 1 unspecified atom stereocenters. The number of rotatable bonds is 8. The van der Waals surface area contributed by atoms with Gasteiger partial charge in [-0.05, 0) is 42.7 Å². The van der Waals surface area contributed by atoms with Crippen LogP contribution in [-0.4, -0.2) is 25.7 Å². The van der Waals surface area contributed by atoms with Crippen LogP contribution in [0.1, 0.15) is 18.9 Å². The highest BCUT2D eigenvalue weighted by atomic mass is 16.5. The van der Waals surface area contributed by atoms with Crippen LogP contribution in [0.25, 0.3) is 0 Å². The summed E-state index contributed by atoms with van der Waals surface area (Å²) in [6.07, 6.45) is 0.938. The number of carbonyl (C=O) groups is 1. The summed E-state index contributed by atoms with van der Waals surface area (Å²) >= 11 is 0. The van der Waals surface area contributed by atoms with Crippen molar-refractivity contribution in [2.24, 2.45) is 0 Å². The fourth-order valence-corrected chi connectivity index (χ4v) is 2.23. The van der Waals surface area contributed by atoms with Gasteiger partial charge < -0.3 is 14.8 Å². The minimum absolute atomic E-state index is 0.0840. The first kappa shape index (κ1) is 16.9. The number of methoxy groups -OCH3 is 1. The first-order chi connectivity index (χ1) is 11.2. The van der Waals surface area contributed by atoms with Gasteiger partial charge in [-0.1, -0.05) is 37.3 Å². The van der Waals surface area contributed by atoms with Gasteiger partial charge in [-0.2, -0.15) is 0 Å². The van der Waals surface area contributed by atoms with Crippen LogP contribution in [0.5, 0.6) is 11.5 Å². The maximum atomic E-state index is 12.2. The molecule has 0 saturated carbocycles. The molecule has 4 heteroatoms. The van der Waals surface area contributed by atoms with Gasteiger partial charge >= 0.3 is 0 Å². The Morgan fingerprint density at radius 2 is 1.70 bits per heavy atom.